The zero-order valence-electron chi connectivity index (χ0n) is 20.2. The fourth-order valence-corrected chi connectivity index (χ4v) is 3.66. The number of benzene rings is 2. The molecule has 1 atom stereocenters. The van der Waals surface area contributed by atoms with Crippen LogP contribution in [0, 0.1) is 5.92 Å². The van der Waals surface area contributed by atoms with Crippen LogP contribution < -0.4 is 11.0 Å². The number of aromatic nitrogens is 3. The number of nitrogens with zero attached hydrogens (tertiary/aromatic N) is 2. The molecule has 0 saturated heterocycles. The van der Waals surface area contributed by atoms with E-state index in [1.165, 1.54) is 18.2 Å². The summed E-state index contributed by atoms with van der Waals surface area (Å²) in [7, 11) is 0.814. The normalized spacial score (nSPS) is 13.5. The van der Waals surface area contributed by atoms with Gasteiger partial charge in [0.1, 0.15) is 5.82 Å². The van der Waals surface area contributed by atoms with Crippen molar-refractivity contribution in [1.82, 2.24) is 20.3 Å². The number of rotatable bonds is 8. The SMILES string of the molecule is COC(C)(C(=O)NCc1ccc(Cl)c(-c2nc(-c3ccc(CC(C)C)cc3)nc(=O)[nH]2)c1)C(F)(F)F. The average Bonchev–Trinajstić information content (AvgIpc) is 2.81. The first-order valence-corrected chi connectivity index (χ1v) is 11.5. The van der Waals surface area contributed by atoms with E-state index in [0.29, 0.717) is 29.5 Å². The highest BCUT2D eigenvalue weighted by Gasteiger charge is 2.57. The lowest BCUT2D eigenvalue weighted by molar-refractivity contribution is -0.253. The zero-order valence-corrected chi connectivity index (χ0v) is 20.9. The number of amides is 1. The van der Waals surface area contributed by atoms with Crippen molar-refractivity contribution in [2.45, 2.75) is 45.5 Å². The minimum atomic E-state index is -4.90. The van der Waals surface area contributed by atoms with Gasteiger partial charge >= 0.3 is 11.9 Å². The molecule has 11 heteroatoms. The number of ether oxygens (including phenoxy) is 1. The van der Waals surface area contributed by atoms with Crippen molar-refractivity contribution in [2.75, 3.05) is 7.11 Å². The molecule has 1 unspecified atom stereocenters. The predicted molar refractivity (Wildman–Crippen MR) is 130 cm³/mol. The molecule has 0 bridgehead atoms. The van der Waals surface area contributed by atoms with Gasteiger partial charge in [0.15, 0.2) is 5.82 Å². The van der Waals surface area contributed by atoms with Crippen molar-refractivity contribution in [3.63, 3.8) is 0 Å². The lowest BCUT2D eigenvalue weighted by Crippen LogP contribution is -2.55. The summed E-state index contributed by atoms with van der Waals surface area (Å²) in [5.41, 5.74) is -1.10. The van der Waals surface area contributed by atoms with E-state index in [-0.39, 0.29) is 23.2 Å². The molecule has 0 fully saturated rings. The van der Waals surface area contributed by atoms with E-state index in [2.05, 4.69) is 38.9 Å². The van der Waals surface area contributed by atoms with E-state index in [1.54, 1.807) is 0 Å². The first-order chi connectivity index (χ1) is 16.8. The number of hydrogen-bond acceptors (Lipinski definition) is 5. The molecule has 0 aliphatic carbocycles. The van der Waals surface area contributed by atoms with E-state index in [4.69, 9.17) is 11.6 Å². The van der Waals surface area contributed by atoms with Gasteiger partial charge in [-0.15, -0.1) is 0 Å². The van der Waals surface area contributed by atoms with E-state index in [0.717, 1.165) is 19.1 Å². The van der Waals surface area contributed by atoms with E-state index >= 15 is 0 Å². The monoisotopic (exact) mass is 522 g/mol. The minimum absolute atomic E-state index is 0.131. The average molecular weight is 523 g/mol. The molecular formula is C25H26ClF3N4O3. The van der Waals surface area contributed by atoms with Gasteiger partial charge in [0.2, 0.25) is 5.60 Å². The van der Waals surface area contributed by atoms with Crippen molar-refractivity contribution < 1.29 is 22.7 Å². The molecule has 1 heterocycles. The number of carbonyl (C=O) groups is 1. The third-order valence-electron chi connectivity index (χ3n) is 5.63. The van der Waals surface area contributed by atoms with Gasteiger partial charge < -0.3 is 10.1 Å². The molecule has 192 valence electrons. The molecule has 7 nitrogen and oxygen atoms in total. The molecule has 3 rings (SSSR count). The predicted octanol–water partition coefficient (Wildman–Crippen LogP) is 4.93. The third kappa shape index (κ3) is 6.11. The molecule has 2 aromatic carbocycles. The minimum Gasteiger partial charge on any atom is -0.361 e. The summed E-state index contributed by atoms with van der Waals surface area (Å²) in [6.45, 7) is 4.65. The van der Waals surface area contributed by atoms with Crippen LogP contribution in [0.1, 0.15) is 31.9 Å². The smallest absolute Gasteiger partial charge is 0.361 e. The van der Waals surface area contributed by atoms with Crippen molar-refractivity contribution in [1.29, 1.82) is 0 Å². The molecular weight excluding hydrogens is 497 g/mol. The van der Waals surface area contributed by atoms with Crippen molar-refractivity contribution in [2.24, 2.45) is 5.92 Å². The standard InChI is InChI=1S/C25H26ClF3N4O3/c1-14(2)11-15-5-8-17(9-6-15)20-31-21(33-23(35)32-20)18-12-16(7-10-19(18)26)13-30-22(34)24(3,36-4)25(27,28)29/h5-10,12,14H,11,13H2,1-4H3,(H,30,34)(H,31,32,33,35). The Morgan fingerprint density at radius 2 is 1.75 bits per heavy atom. The molecule has 2 N–H and O–H groups in total. The number of aromatic amines is 1. The van der Waals surface area contributed by atoms with E-state index < -0.39 is 23.4 Å². The van der Waals surface area contributed by atoms with Crippen LogP contribution in [0.3, 0.4) is 0 Å². The summed E-state index contributed by atoms with van der Waals surface area (Å²) in [5, 5.41) is 2.48. The summed E-state index contributed by atoms with van der Waals surface area (Å²) < 4.78 is 44.2. The summed E-state index contributed by atoms with van der Waals surface area (Å²) in [6.07, 6.45) is -3.99. The van der Waals surface area contributed by atoms with Gasteiger partial charge in [0, 0.05) is 24.8 Å². The summed E-state index contributed by atoms with van der Waals surface area (Å²) in [5.74, 6) is -0.520. The highest BCUT2D eigenvalue weighted by atomic mass is 35.5. The zero-order chi connectivity index (χ0) is 26.7. The van der Waals surface area contributed by atoms with Gasteiger partial charge in [-0.05, 0) is 42.5 Å². The van der Waals surface area contributed by atoms with Crippen molar-refractivity contribution in [3.05, 3.63) is 69.1 Å². The quantitative estimate of drug-likeness (QED) is 0.437. The van der Waals surface area contributed by atoms with Crippen LogP contribution in [-0.2, 0) is 22.5 Å². The largest absolute Gasteiger partial charge is 0.426 e. The highest BCUT2D eigenvalue weighted by Crippen LogP contribution is 2.33. The van der Waals surface area contributed by atoms with Gasteiger partial charge in [-0.2, -0.15) is 18.2 Å². The Morgan fingerprint density at radius 1 is 1.11 bits per heavy atom. The maximum atomic E-state index is 13.3. The Labute approximate surface area is 211 Å². The van der Waals surface area contributed by atoms with Crippen molar-refractivity contribution >= 4 is 17.5 Å². The van der Waals surface area contributed by atoms with Gasteiger partial charge in [0.05, 0.1) is 5.02 Å². The molecule has 0 radical (unpaired) electrons. The summed E-state index contributed by atoms with van der Waals surface area (Å²) in [4.78, 5) is 35.4. The van der Waals surface area contributed by atoms with Gasteiger partial charge in [-0.3, -0.25) is 9.78 Å². The number of hydrogen-bond donors (Lipinski definition) is 2. The lowest BCUT2D eigenvalue weighted by atomic mass is 10.0. The lowest BCUT2D eigenvalue weighted by Gasteiger charge is -2.29. The second kappa shape index (κ2) is 10.8. The molecule has 1 amide bonds. The highest BCUT2D eigenvalue weighted by molar-refractivity contribution is 6.33. The first kappa shape index (κ1) is 27.3. The fourth-order valence-electron chi connectivity index (χ4n) is 3.45. The number of halogens is 4. The number of methoxy groups -OCH3 is 1. The van der Waals surface area contributed by atoms with Crippen LogP contribution in [0.5, 0.6) is 0 Å². The fraction of sp³-hybridized carbons (Fsp3) is 0.360. The second-order valence-corrected chi connectivity index (χ2v) is 9.26. The number of H-pyrrole nitrogens is 1. The van der Waals surface area contributed by atoms with Crippen LogP contribution in [0.2, 0.25) is 5.02 Å². The van der Waals surface area contributed by atoms with Gasteiger partial charge in [0.25, 0.3) is 5.91 Å². The molecule has 0 aliphatic heterocycles. The van der Waals surface area contributed by atoms with Crippen LogP contribution in [0.4, 0.5) is 13.2 Å². The maximum absolute atomic E-state index is 13.3. The van der Waals surface area contributed by atoms with Gasteiger partial charge in [-0.1, -0.05) is 55.8 Å². The number of carbonyl (C=O) groups excluding carboxylic acids is 1. The van der Waals surface area contributed by atoms with Crippen LogP contribution in [-0.4, -0.2) is 39.7 Å². The van der Waals surface area contributed by atoms with Crippen molar-refractivity contribution in [3.8, 4) is 22.8 Å². The molecule has 3 aromatic rings. The topological polar surface area (TPSA) is 97.0 Å². The molecule has 0 spiro atoms. The van der Waals surface area contributed by atoms with E-state index in [9.17, 15) is 22.8 Å². The summed E-state index contributed by atoms with van der Waals surface area (Å²) in [6, 6.07) is 12.1. The maximum Gasteiger partial charge on any atom is 0.426 e. The third-order valence-corrected chi connectivity index (χ3v) is 5.96. The number of alkyl halides is 3. The summed E-state index contributed by atoms with van der Waals surface area (Å²) >= 11 is 6.33. The van der Waals surface area contributed by atoms with Crippen LogP contribution in [0.15, 0.2) is 47.3 Å². The van der Waals surface area contributed by atoms with Crippen LogP contribution >= 0.6 is 11.6 Å². The first-order valence-electron chi connectivity index (χ1n) is 11.1. The number of nitrogens with one attached hydrogen (secondary N) is 2. The molecule has 36 heavy (non-hydrogen) atoms. The Kier molecular flexibility index (Phi) is 8.20. The van der Waals surface area contributed by atoms with Gasteiger partial charge in [-0.25, -0.2) is 9.78 Å². The van der Waals surface area contributed by atoms with E-state index in [1.807, 2.05) is 24.3 Å². The molecule has 1 aromatic heterocycles. The van der Waals surface area contributed by atoms with Crippen LogP contribution in [0.25, 0.3) is 22.8 Å². The molecule has 0 saturated carbocycles. The second-order valence-electron chi connectivity index (χ2n) is 8.85. The Balaban J connectivity index is 1.88. The Bertz CT molecular complexity index is 1290. The Morgan fingerprint density at radius 3 is 2.33 bits per heavy atom. The molecule has 0 aliphatic rings. The Hall–Kier alpha value is -3.24.